The maximum atomic E-state index is 12.6. The summed E-state index contributed by atoms with van der Waals surface area (Å²) in [7, 11) is 0. The van der Waals surface area contributed by atoms with Gasteiger partial charge in [0.25, 0.3) is 0 Å². The van der Waals surface area contributed by atoms with Crippen molar-refractivity contribution in [2.24, 2.45) is 5.73 Å². The Labute approximate surface area is 101 Å². The highest BCUT2D eigenvalue weighted by Gasteiger charge is 2.00. The van der Waals surface area contributed by atoms with Crippen LogP contribution < -0.4 is 11.1 Å². The summed E-state index contributed by atoms with van der Waals surface area (Å²) >= 11 is 0. The maximum absolute atomic E-state index is 12.6. The lowest BCUT2D eigenvalue weighted by Crippen LogP contribution is -2.23. The van der Waals surface area contributed by atoms with E-state index in [1.165, 1.54) is 12.1 Å². The molecule has 0 saturated heterocycles. The van der Waals surface area contributed by atoms with Gasteiger partial charge in [0.2, 0.25) is 5.91 Å². The number of carbonyl (C=O) groups is 1. The topological polar surface area (TPSA) is 55.1 Å². The second-order valence-electron chi connectivity index (χ2n) is 3.30. The van der Waals surface area contributed by atoms with Crippen molar-refractivity contribution < 1.29 is 9.18 Å². The fourth-order valence-corrected chi connectivity index (χ4v) is 1.15. The molecule has 5 heteroatoms. The van der Waals surface area contributed by atoms with E-state index in [4.69, 9.17) is 5.73 Å². The van der Waals surface area contributed by atoms with E-state index in [1.807, 2.05) is 0 Å². The molecule has 0 bridgehead atoms. The Hall–Kier alpha value is -1.13. The quantitative estimate of drug-likeness (QED) is 0.829. The van der Waals surface area contributed by atoms with Crippen molar-refractivity contribution in [3.8, 4) is 0 Å². The summed E-state index contributed by atoms with van der Waals surface area (Å²) in [6, 6.07) is 6.06. The first kappa shape index (κ1) is 14.9. The van der Waals surface area contributed by atoms with Crippen LogP contribution in [0, 0.1) is 5.82 Å². The van der Waals surface area contributed by atoms with Gasteiger partial charge in [-0.3, -0.25) is 4.79 Å². The lowest BCUT2D eigenvalue weighted by atomic mass is 10.2. The van der Waals surface area contributed by atoms with E-state index in [-0.39, 0.29) is 24.1 Å². The first-order valence-electron chi connectivity index (χ1n) is 4.93. The van der Waals surface area contributed by atoms with Crippen molar-refractivity contribution in [2.75, 3.05) is 6.54 Å². The van der Waals surface area contributed by atoms with Crippen molar-refractivity contribution in [1.82, 2.24) is 5.32 Å². The van der Waals surface area contributed by atoms with Crippen molar-refractivity contribution in [3.05, 3.63) is 35.6 Å². The standard InChI is InChI=1S/C11H15FN2O.ClH/c12-10-5-3-9(4-6-10)8-14-11(15)2-1-7-13;/h3-6H,1-2,7-8,13H2,(H,14,15);1H. The summed E-state index contributed by atoms with van der Waals surface area (Å²) in [6.07, 6.45) is 1.13. The summed E-state index contributed by atoms with van der Waals surface area (Å²) < 4.78 is 12.6. The molecule has 0 unspecified atom stereocenters. The Morgan fingerprint density at radius 1 is 1.31 bits per heavy atom. The van der Waals surface area contributed by atoms with Gasteiger partial charge in [0.05, 0.1) is 0 Å². The van der Waals surface area contributed by atoms with Crippen LogP contribution in [0.5, 0.6) is 0 Å². The molecule has 1 amide bonds. The zero-order valence-corrected chi connectivity index (χ0v) is 9.73. The number of nitrogens with one attached hydrogen (secondary N) is 1. The van der Waals surface area contributed by atoms with E-state index in [2.05, 4.69) is 5.32 Å². The first-order valence-corrected chi connectivity index (χ1v) is 4.93. The molecule has 90 valence electrons. The normalized spacial score (nSPS) is 9.38. The Kier molecular flexibility index (Phi) is 7.50. The highest BCUT2D eigenvalue weighted by Crippen LogP contribution is 2.02. The number of carbonyl (C=O) groups excluding carboxylic acids is 1. The van der Waals surface area contributed by atoms with Gasteiger partial charge in [0.15, 0.2) is 0 Å². The second-order valence-corrected chi connectivity index (χ2v) is 3.30. The minimum absolute atomic E-state index is 0. The number of halogens is 2. The predicted octanol–water partition coefficient (Wildman–Crippen LogP) is 1.60. The minimum Gasteiger partial charge on any atom is -0.352 e. The Morgan fingerprint density at radius 3 is 2.50 bits per heavy atom. The van der Waals surface area contributed by atoms with Gasteiger partial charge in [0.1, 0.15) is 5.82 Å². The summed E-state index contributed by atoms with van der Waals surface area (Å²) in [5, 5.41) is 2.74. The fraction of sp³-hybridized carbons (Fsp3) is 0.364. The van der Waals surface area contributed by atoms with Gasteiger partial charge in [-0.1, -0.05) is 12.1 Å². The molecule has 0 spiro atoms. The van der Waals surface area contributed by atoms with Crippen molar-refractivity contribution in [2.45, 2.75) is 19.4 Å². The third-order valence-corrected chi connectivity index (χ3v) is 2.01. The molecule has 1 rings (SSSR count). The first-order chi connectivity index (χ1) is 7.22. The zero-order valence-electron chi connectivity index (χ0n) is 8.91. The average molecular weight is 247 g/mol. The zero-order chi connectivity index (χ0) is 11.1. The van der Waals surface area contributed by atoms with Crippen LogP contribution in [0.2, 0.25) is 0 Å². The van der Waals surface area contributed by atoms with E-state index in [9.17, 15) is 9.18 Å². The Morgan fingerprint density at radius 2 is 1.94 bits per heavy atom. The molecule has 3 nitrogen and oxygen atoms in total. The van der Waals surface area contributed by atoms with Gasteiger partial charge in [0, 0.05) is 13.0 Å². The highest BCUT2D eigenvalue weighted by atomic mass is 35.5. The largest absolute Gasteiger partial charge is 0.352 e. The highest BCUT2D eigenvalue weighted by molar-refractivity contribution is 5.85. The number of hydrogen-bond acceptors (Lipinski definition) is 2. The summed E-state index contributed by atoms with van der Waals surface area (Å²) in [5.41, 5.74) is 6.17. The third kappa shape index (κ3) is 5.68. The Balaban J connectivity index is 0.00000225. The SMILES string of the molecule is Cl.NCCCC(=O)NCc1ccc(F)cc1. The van der Waals surface area contributed by atoms with E-state index in [1.54, 1.807) is 12.1 Å². The van der Waals surface area contributed by atoms with Crippen LogP contribution >= 0.6 is 12.4 Å². The van der Waals surface area contributed by atoms with Crippen molar-refractivity contribution in [3.63, 3.8) is 0 Å². The lowest BCUT2D eigenvalue weighted by molar-refractivity contribution is -0.121. The number of nitrogens with two attached hydrogens (primary N) is 1. The third-order valence-electron chi connectivity index (χ3n) is 2.01. The van der Waals surface area contributed by atoms with Crippen LogP contribution in [0.4, 0.5) is 4.39 Å². The van der Waals surface area contributed by atoms with Gasteiger partial charge in [-0.25, -0.2) is 4.39 Å². The van der Waals surface area contributed by atoms with Crippen LogP contribution in [-0.4, -0.2) is 12.5 Å². The number of rotatable bonds is 5. The second kappa shape index (κ2) is 8.07. The predicted molar refractivity (Wildman–Crippen MR) is 63.8 cm³/mol. The molecule has 3 N–H and O–H groups in total. The summed E-state index contributed by atoms with van der Waals surface area (Å²) in [5.74, 6) is -0.294. The lowest BCUT2D eigenvalue weighted by Gasteiger charge is -2.04. The molecule has 0 aromatic heterocycles. The Bertz CT molecular complexity index is 316. The molecule has 0 aliphatic rings. The smallest absolute Gasteiger partial charge is 0.220 e. The average Bonchev–Trinajstić information content (AvgIpc) is 2.25. The number of hydrogen-bond donors (Lipinski definition) is 2. The number of benzene rings is 1. The molecule has 0 fully saturated rings. The maximum Gasteiger partial charge on any atom is 0.220 e. The van der Waals surface area contributed by atoms with Crippen LogP contribution in [0.3, 0.4) is 0 Å². The van der Waals surface area contributed by atoms with Gasteiger partial charge >= 0.3 is 0 Å². The minimum atomic E-state index is -0.270. The molecular formula is C11H16ClFN2O. The molecule has 1 aromatic rings. The van der Waals surface area contributed by atoms with Gasteiger partial charge in [-0.15, -0.1) is 12.4 Å². The van der Waals surface area contributed by atoms with Crippen LogP contribution in [0.1, 0.15) is 18.4 Å². The molecule has 0 aliphatic carbocycles. The summed E-state index contributed by atoms with van der Waals surface area (Å²) in [4.78, 5) is 11.2. The van der Waals surface area contributed by atoms with Crippen molar-refractivity contribution in [1.29, 1.82) is 0 Å². The molecule has 0 aliphatic heterocycles. The van der Waals surface area contributed by atoms with Crippen LogP contribution in [0.25, 0.3) is 0 Å². The van der Waals surface area contributed by atoms with E-state index < -0.39 is 0 Å². The van der Waals surface area contributed by atoms with Crippen molar-refractivity contribution >= 4 is 18.3 Å². The van der Waals surface area contributed by atoms with Gasteiger partial charge in [-0.2, -0.15) is 0 Å². The van der Waals surface area contributed by atoms with Gasteiger partial charge in [-0.05, 0) is 30.7 Å². The van der Waals surface area contributed by atoms with Crippen LogP contribution in [-0.2, 0) is 11.3 Å². The molecule has 0 radical (unpaired) electrons. The molecule has 0 saturated carbocycles. The molecule has 1 aromatic carbocycles. The van der Waals surface area contributed by atoms with E-state index in [0.717, 1.165) is 5.56 Å². The molecular weight excluding hydrogens is 231 g/mol. The van der Waals surface area contributed by atoms with E-state index in [0.29, 0.717) is 25.9 Å². The fourth-order valence-electron chi connectivity index (χ4n) is 1.15. The molecule has 16 heavy (non-hydrogen) atoms. The molecule has 0 atom stereocenters. The van der Waals surface area contributed by atoms with Crippen LogP contribution in [0.15, 0.2) is 24.3 Å². The van der Waals surface area contributed by atoms with Gasteiger partial charge < -0.3 is 11.1 Å². The molecule has 0 heterocycles. The monoisotopic (exact) mass is 246 g/mol. The summed E-state index contributed by atoms with van der Waals surface area (Å²) in [6.45, 7) is 0.952. The van der Waals surface area contributed by atoms with E-state index >= 15 is 0 Å². The number of amides is 1.